The van der Waals surface area contributed by atoms with E-state index in [1.54, 1.807) is 0 Å². The summed E-state index contributed by atoms with van der Waals surface area (Å²) < 4.78 is 5.96. The third-order valence-corrected chi connectivity index (χ3v) is 9.30. The lowest BCUT2D eigenvalue weighted by atomic mass is 9.73. The van der Waals surface area contributed by atoms with Gasteiger partial charge >= 0.3 is 0 Å². The van der Waals surface area contributed by atoms with Crippen molar-refractivity contribution in [1.82, 2.24) is 0 Å². The molecule has 0 aromatic heterocycles. The Labute approximate surface area is 233 Å². The highest BCUT2D eigenvalue weighted by Gasteiger charge is 2.34. The van der Waals surface area contributed by atoms with Crippen molar-refractivity contribution >= 4 is 11.6 Å². The largest absolute Gasteiger partial charge is 0.494 e. The Kier molecular flexibility index (Phi) is 14.5. The molecule has 0 aliphatic heterocycles. The van der Waals surface area contributed by atoms with Gasteiger partial charge in [0.25, 0.3) is 0 Å². The molecular weight excluding hydrogens is 468 g/mol. The summed E-state index contributed by atoms with van der Waals surface area (Å²) in [5.41, 5.74) is 1.41. The zero-order valence-corrected chi connectivity index (χ0v) is 24.7. The summed E-state index contributed by atoms with van der Waals surface area (Å²) >= 11 is 0. The number of carbonyl (C=O) groups is 2. The summed E-state index contributed by atoms with van der Waals surface area (Å²) in [5, 5.41) is 0. The van der Waals surface area contributed by atoms with Crippen LogP contribution in [0.15, 0.2) is 24.3 Å². The molecule has 0 heterocycles. The minimum atomic E-state index is -0.298. The van der Waals surface area contributed by atoms with E-state index in [1.807, 2.05) is 0 Å². The lowest BCUT2D eigenvalue weighted by Gasteiger charge is -2.31. The van der Waals surface area contributed by atoms with Gasteiger partial charge in [-0.25, -0.2) is 0 Å². The van der Waals surface area contributed by atoms with Crippen molar-refractivity contribution in [2.45, 2.75) is 148 Å². The van der Waals surface area contributed by atoms with Crippen LogP contribution in [-0.2, 0) is 9.59 Å². The molecule has 1 aromatic carbocycles. The van der Waals surface area contributed by atoms with Crippen molar-refractivity contribution in [1.29, 1.82) is 0 Å². The fraction of sp³-hybridized carbons (Fsp3) is 0.771. The van der Waals surface area contributed by atoms with E-state index >= 15 is 0 Å². The number of hydrogen-bond donors (Lipinski definition) is 0. The molecule has 0 saturated heterocycles. The summed E-state index contributed by atoms with van der Waals surface area (Å²) in [6, 6.07) is 8.76. The first-order valence-electron chi connectivity index (χ1n) is 16.4. The van der Waals surface area contributed by atoms with Gasteiger partial charge in [0.05, 0.1) is 12.5 Å². The van der Waals surface area contributed by atoms with Crippen molar-refractivity contribution in [2.24, 2.45) is 17.8 Å². The second kappa shape index (κ2) is 17.9. The molecule has 38 heavy (non-hydrogen) atoms. The lowest BCUT2D eigenvalue weighted by molar-refractivity contribution is -0.136. The number of carbonyl (C=O) groups excluding carboxylic acids is 2. The zero-order valence-electron chi connectivity index (χ0n) is 24.7. The van der Waals surface area contributed by atoms with E-state index in [2.05, 4.69) is 38.1 Å². The van der Waals surface area contributed by atoms with Crippen molar-refractivity contribution in [3.05, 3.63) is 29.8 Å². The number of rotatable bonds is 18. The van der Waals surface area contributed by atoms with Crippen molar-refractivity contribution < 1.29 is 14.3 Å². The molecule has 2 aliphatic carbocycles. The van der Waals surface area contributed by atoms with Crippen LogP contribution in [0.4, 0.5) is 0 Å². The highest BCUT2D eigenvalue weighted by Crippen LogP contribution is 2.39. The summed E-state index contributed by atoms with van der Waals surface area (Å²) in [6.07, 6.45) is 23.0. The van der Waals surface area contributed by atoms with Crippen LogP contribution in [-0.4, -0.2) is 18.2 Å². The van der Waals surface area contributed by atoms with Crippen LogP contribution in [0.25, 0.3) is 0 Å². The third-order valence-electron chi connectivity index (χ3n) is 9.30. The SMILES string of the molecule is CCCCCCCCOc1ccc([C@H]2CC[C@H](CC(=O)C3CCC(CCCCCCC)CC3=O)CC2)cc1. The highest BCUT2D eigenvalue weighted by atomic mass is 16.5. The molecular formula is C35H56O3. The van der Waals surface area contributed by atoms with Gasteiger partial charge in [0.2, 0.25) is 0 Å². The number of unbranched alkanes of at least 4 members (excludes halogenated alkanes) is 9. The van der Waals surface area contributed by atoms with Gasteiger partial charge in [0.1, 0.15) is 17.3 Å². The molecule has 0 spiro atoms. The number of ether oxygens (including phenoxy) is 1. The van der Waals surface area contributed by atoms with E-state index in [9.17, 15) is 9.59 Å². The Balaban J connectivity index is 1.30. The van der Waals surface area contributed by atoms with E-state index in [0.717, 1.165) is 57.3 Å². The maximum Gasteiger partial charge on any atom is 0.143 e. The number of Topliss-reactive ketones (excluding diaryl/α,β-unsaturated/α-hetero) is 2. The first-order valence-corrected chi connectivity index (χ1v) is 16.4. The topological polar surface area (TPSA) is 43.4 Å². The molecule has 2 atom stereocenters. The van der Waals surface area contributed by atoms with E-state index in [4.69, 9.17) is 4.74 Å². The summed E-state index contributed by atoms with van der Waals surface area (Å²) in [4.78, 5) is 25.8. The Hall–Kier alpha value is -1.64. The maximum atomic E-state index is 13.0. The quantitative estimate of drug-likeness (QED) is 0.142. The molecule has 0 radical (unpaired) electrons. The Morgan fingerprint density at radius 2 is 1.34 bits per heavy atom. The Morgan fingerprint density at radius 3 is 2.00 bits per heavy atom. The normalized spacial score (nSPS) is 23.9. The van der Waals surface area contributed by atoms with Crippen LogP contribution in [0.3, 0.4) is 0 Å². The minimum absolute atomic E-state index is 0.242. The van der Waals surface area contributed by atoms with Gasteiger partial charge in [0, 0.05) is 12.8 Å². The van der Waals surface area contributed by atoms with Gasteiger partial charge in [0.15, 0.2) is 0 Å². The third kappa shape index (κ3) is 10.9. The molecule has 1 aromatic rings. The number of benzene rings is 1. The molecule has 214 valence electrons. The Bertz CT molecular complexity index is 790. The molecule has 2 unspecified atom stereocenters. The van der Waals surface area contributed by atoms with Gasteiger partial charge in [-0.05, 0) is 80.4 Å². The standard InChI is InChI=1S/C35H56O3/c1-3-5-7-9-11-13-25-38-32-22-20-31(21-23-32)30-18-15-29(16-19-30)27-35(37)33-24-17-28(26-34(33)36)14-12-10-8-6-4-2/h20-23,28-30,33H,3-19,24-27H2,1-2H3/t28?,29-,30-,33?. The monoisotopic (exact) mass is 524 g/mol. The van der Waals surface area contributed by atoms with Crippen molar-refractivity contribution in [3.63, 3.8) is 0 Å². The van der Waals surface area contributed by atoms with Crippen molar-refractivity contribution in [2.75, 3.05) is 6.61 Å². The molecule has 0 amide bonds. The predicted molar refractivity (Wildman–Crippen MR) is 159 cm³/mol. The minimum Gasteiger partial charge on any atom is -0.494 e. The first-order chi connectivity index (χ1) is 18.6. The van der Waals surface area contributed by atoms with E-state index < -0.39 is 0 Å². The van der Waals surface area contributed by atoms with Gasteiger partial charge in [-0.15, -0.1) is 0 Å². The average molecular weight is 525 g/mol. The van der Waals surface area contributed by atoms with E-state index in [-0.39, 0.29) is 17.5 Å². The molecule has 3 nitrogen and oxygen atoms in total. The number of hydrogen-bond acceptors (Lipinski definition) is 3. The van der Waals surface area contributed by atoms with Gasteiger partial charge < -0.3 is 4.74 Å². The smallest absolute Gasteiger partial charge is 0.143 e. The maximum absolute atomic E-state index is 13.0. The number of ketones is 2. The molecule has 2 aliphatic rings. The van der Waals surface area contributed by atoms with E-state index in [1.165, 1.54) is 76.2 Å². The van der Waals surface area contributed by atoms with Crippen LogP contribution in [0.2, 0.25) is 0 Å². The molecule has 3 rings (SSSR count). The van der Waals surface area contributed by atoms with Crippen LogP contribution >= 0.6 is 0 Å². The molecule has 0 bridgehead atoms. The van der Waals surface area contributed by atoms with Crippen LogP contribution in [0.1, 0.15) is 154 Å². The first kappa shape index (κ1) is 30.9. The Morgan fingerprint density at radius 1 is 0.737 bits per heavy atom. The van der Waals surface area contributed by atoms with Crippen molar-refractivity contribution in [3.8, 4) is 5.75 Å². The zero-order chi connectivity index (χ0) is 27.0. The van der Waals surface area contributed by atoms with E-state index in [0.29, 0.717) is 30.6 Å². The van der Waals surface area contributed by atoms with Crippen LogP contribution in [0, 0.1) is 17.8 Å². The molecule has 2 fully saturated rings. The predicted octanol–water partition coefficient (Wildman–Crippen LogP) is 10.0. The highest BCUT2D eigenvalue weighted by molar-refractivity contribution is 6.02. The summed E-state index contributed by atoms with van der Waals surface area (Å²) in [7, 11) is 0. The fourth-order valence-electron chi connectivity index (χ4n) is 6.75. The van der Waals surface area contributed by atoms with Gasteiger partial charge in [-0.2, -0.15) is 0 Å². The molecule has 0 N–H and O–H groups in total. The summed E-state index contributed by atoms with van der Waals surface area (Å²) in [5.74, 6) is 2.74. The average Bonchev–Trinajstić information content (AvgIpc) is 2.93. The second-order valence-corrected chi connectivity index (χ2v) is 12.4. The van der Waals surface area contributed by atoms with Crippen LogP contribution < -0.4 is 4.74 Å². The molecule has 2 saturated carbocycles. The lowest BCUT2D eigenvalue weighted by Crippen LogP contribution is -2.32. The summed E-state index contributed by atoms with van der Waals surface area (Å²) in [6.45, 7) is 5.31. The van der Waals surface area contributed by atoms with Gasteiger partial charge in [-0.3, -0.25) is 9.59 Å². The van der Waals surface area contributed by atoms with Gasteiger partial charge in [-0.1, -0.05) is 96.6 Å². The molecule has 3 heteroatoms. The fourth-order valence-corrected chi connectivity index (χ4v) is 6.75. The van der Waals surface area contributed by atoms with Crippen LogP contribution in [0.5, 0.6) is 5.75 Å². The second-order valence-electron chi connectivity index (χ2n) is 12.4.